The molecule has 2 rings (SSSR count). The number of carbonyl (C=O) groups is 1. The number of methoxy groups -OCH3 is 2. The summed E-state index contributed by atoms with van der Waals surface area (Å²) < 4.78 is 10.3. The summed E-state index contributed by atoms with van der Waals surface area (Å²) >= 11 is 3.15. The highest BCUT2D eigenvalue weighted by Crippen LogP contribution is 2.29. The Hall–Kier alpha value is -1.69. The number of hydrogen-bond donors (Lipinski definition) is 0. The normalized spacial score (nSPS) is 10.4. The maximum atomic E-state index is 11.8. The Balaban J connectivity index is 2.72. The lowest BCUT2D eigenvalue weighted by Gasteiger charge is -2.09. The van der Waals surface area contributed by atoms with E-state index in [1.54, 1.807) is 18.3 Å². The van der Waals surface area contributed by atoms with E-state index >= 15 is 0 Å². The van der Waals surface area contributed by atoms with Gasteiger partial charge in [0, 0.05) is 17.8 Å². The molecule has 0 saturated heterocycles. The predicted molar refractivity (Wildman–Crippen MR) is 70.8 cm³/mol. The molecule has 0 atom stereocenters. The van der Waals surface area contributed by atoms with Gasteiger partial charge in [0.2, 0.25) is 0 Å². The number of fused-ring (bicyclic) bond motifs is 1. The lowest BCUT2D eigenvalue weighted by atomic mass is 10.1. The van der Waals surface area contributed by atoms with Gasteiger partial charge >= 0.3 is 0 Å². The van der Waals surface area contributed by atoms with Crippen LogP contribution in [0.15, 0.2) is 18.3 Å². The van der Waals surface area contributed by atoms with Gasteiger partial charge in [0.05, 0.1) is 25.1 Å². The van der Waals surface area contributed by atoms with E-state index in [1.807, 2.05) is 0 Å². The van der Waals surface area contributed by atoms with Crippen molar-refractivity contribution < 1.29 is 14.3 Å². The first kappa shape index (κ1) is 12.8. The minimum absolute atomic E-state index is 0.0536. The molecule has 5 nitrogen and oxygen atoms in total. The van der Waals surface area contributed by atoms with Gasteiger partial charge in [0.25, 0.3) is 5.88 Å². The van der Waals surface area contributed by atoms with E-state index in [0.717, 1.165) is 0 Å². The van der Waals surface area contributed by atoms with E-state index in [0.29, 0.717) is 28.2 Å². The molecule has 0 aliphatic heterocycles. The molecule has 6 heteroatoms. The van der Waals surface area contributed by atoms with Gasteiger partial charge in [-0.3, -0.25) is 9.78 Å². The topological polar surface area (TPSA) is 61.3 Å². The monoisotopic (exact) mass is 310 g/mol. The Morgan fingerprint density at radius 3 is 2.78 bits per heavy atom. The molecule has 0 aromatic carbocycles. The van der Waals surface area contributed by atoms with Crippen LogP contribution < -0.4 is 9.47 Å². The molecule has 0 amide bonds. The molecule has 0 radical (unpaired) electrons. The minimum Gasteiger partial charge on any atom is -0.491 e. The zero-order chi connectivity index (χ0) is 13.1. The Morgan fingerprint density at radius 2 is 2.17 bits per heavy atom. The molecule has 0 aliphatic carbocycles. The molecular weight excluding hydrogens is 300 g/mol. The van der Waals surface area contributed by atoms with Crippen LogP contribution in [0.5, 0.6) is 11.6 Å². The molecule has 0 aliphatic rings. The van der Waals surface area contributed by atoms with Crippen molar-refractivity contribution in [1.82, 2.24) is 9.97 Å². The number of pyridine rings is 2. The van der Waals surface area contributed by atoms with Crippen molar-refractivity contribution in [1.29, 1.82) is 0 Å². The van der Waals surface area contributed by atoms with Crippen LogP contribution in [0.4, 0.5) is 0 Å². The van der Waals surface area contributed by atoms with Gasteiger partial charge in [-0.05, 0) is 6.07 Å². The third kappa shape index (κ3) is 2.15. The number of nitrogens with zero attached hydrogens (tertiary/aromatic N) is 2. The van der Waals surface area contributed by atoms with Crippen molar-refractivity contribution in [2.45, 2.75) is 0 Å². The standard InChI is InChI=1S/C12H11BrN2O3/c1-17-10-5-8-11(15-12(10)18-2)7(3-4-14-8)9(16)6-13/h3-5H,6H2,1-2H3. The third-order valence-corrected chi connectivity index (χ3v) is 2.99. The fourth-order valence-corrected chi connectivity index (χ4v) is 1.93. The largest absolute Gasteiger partial charge is 0.491 e. The van der Waals surface area contributed by atoms with Crippen LogP contribution in [0.25, 0.3) is 11.0 Å². The number of halogens is 1. The first-order chi connectivity index (χ1) is 8.71. The Kier molecular flexibility index (Phi) is 3.76. The van der Waals surface area contributed by atoms with E-state index in [4.69, 9.17) is 9.47 Å². The summed E-state index contributed by atoms with van der Waals surface area (Å²) in [6, 6.07) is 3.34. The molecule has 0 N–H and O–H groups in total. The number of hydrogen-bond acceptors (Lipinski definition) is 5. The van der Waals surface area contributed by atoms with Gasteiger partial charge in [-0.25, -0.2) is 4.98 Å². The first-order valence-corrected chi connectivity index (χ1v) is 6.30. The molecule has 0 saturated carbocycles. The van der Waals surface area contributed by atoms with Gasteiger partial charge in [0.1, 0.15) is 5.52 Å². The second-order valence-corrected chi connectivity index (χ2v) is 4.04. The lowest BCUT2D eigenvalue weighted by Crippen LogP contribution is -2.04. The molecular formula is C12H11BrN2O3. The van der Waals surface area contributed by atoms with Crippen molar-refractivity contribution in [3.63, 3.8) is 0 Å². The van der Waals surface area contributed by atoms with Gasteiger partial charge in [-0.2, -0.15) is 0 Å². The minimum atomic E-state index is -0.0536. The van der Waals surface area contributed by atoms with Crippen LogP contribution in [0.1, 0.15) is 10.4 Å². The van der Waals surface area contributed by atoms with E-state index < -0.39 is 0 Å². The molecule has 2 heterocycles. The van der Waals surface area contributed by atoms with Crippen molar-refractivity contribution in [3.05, 3.63) is 23.9 Å². The van der Waals surface area contributed by atoms with E-state index in [-0.39, 0.29) is 11.1 Å². The highest BCUT2D eigenvalue weighted by atomic mass is 79.9. The number of ketones is 1. The highest BCUT2D eigenvalue weighted by Gasteiger charge is 2.14. The average Bonchev–Trinajstić information content (AvgIpc) is 2.44. The molecule has 0 spiro atoms. The van der Waals surface area contributed by atoms with Gasteiger partial charge in [-0.15, -0.1) is 0 Å². The van der Waals surface area contributed by atoms with Crippen LogP contribution in [-0.4, -0.2) is 35.3 Å². The SMILES string of the molecule is COc1cc2nccc(C(=O)CBr)c2nc1OC. The number of carbonyl (C=O) groups excluding carboxylic acids is 1. The third-order valence-electron chi connectivity index (χ3n) is 2.48. The van der Waals surface area contributed by atoms with Crippen molar-refractivity contribution in [2.24, 2.45) is 0 Å². The van der Waals surface area contributed by atoms with Gasteiger partial charge < -0.3 is 9.47 Å². The molecule has 94 valence electrons. The van der Waals surface area contributed by atoms with Crippen LogP contribution in [0.3, 0.4) is 0 Å². The van der Waals surface area contributed by atoms with Crippen LogP contribution >= 0.6 is 15.9 Å². The first-order valence-electron chi connectivity index (χ1n) is 5.18. The van der Waals surface area contributed by atoms with E-state index in [1.165, 1.54) is 14.2 Å². The Bertz CT molecular complexity index is 601. The molecule has 2 aromatic rings. The number of ether oxygens (including phenoxy) is 2. The molecule has 0 unspecified atom stereocenters. The molecule has 0 bridgehead atoms. The summed E-state index contributed by atoms with van der Waals surface area (Å²) in [4.78, 5) is 20.3. The number of rotatable bonds is 4. The van der Waals surface area contributed by atoms with Gasteiger partial charge in [-0.1, -0.05) is 15.9 Å². The summed E-state index contributed by atoms with van der Waals surface area (Å²) in [5.74, 6) is 0.768. The van der Waals surface area contributed by atoms with Gasteiger partial charge in [0.15, 0.2) is 11.5 Å². The Morgan fingerprint density at radius 1 is 1.39 bits per heavy atom. The van der Waals surface area contributed by atoms with E-state index in [9.17, 15) is 4.79 Å². The summed E-state index contributed by atoms with van der Waals surface area (Å²) in [5.41, 5.74) is 1.62. The summed E-state index contributed by atoms with van der Waals surface area (Å²) in [5, 5.41) is 0.238. The van der Waals surface area contributed by atoms with E-state index in [2.05, 4.69) is 25.9 Å². The maximum Gasteiger partial charge on any atom is 0.257 e. The average molecular weight is 311 g/mol. The predicted octanol–water partition coefficient (Wildman–Crippen LogP) is 2.22. The zero-order valence-corrected chi connectivity index (χ0v) is 11.5. The zero-order valence-electron chi connectivity index (χ0n) is 9.94. The smallest absolute Gasteiger partial charge is 0.257 e. The maximum absolute atomic E-state index is 11.8. The number of aromatic nitrogens is 2. The van der Waals surface area contributed by atoms with Crippen LogP contribution in [-0.2, 0) is 0 Å². The van der Waals surface area contributed by atoms with Crippen molar-refractivity contribution >= 4 is 32.7 Å². The quantitative estimate of drug-likeness (QED) is 0.640. The summed E-state index contributed by atoms with van der Waals surface area (Å²) in [7, 11) is 3.03. The Labute approximate surface area is 112 Å². The second kappa shape index (κ2) is 5.30. The van der Waals surface area contributed by atoms with Crippen LogP contribution in [0, 0.1) is 0 Å². The van der Waals surface area contributed by atoms with Crippen molar-refractivity contribution in [3.8, 4) is 11.6 Å². The number of alkyl halides is 1. The molecule has 18 heavy (non-hydrogen) atoms. The molecule has 0 fully saturated rings. The van der Waals surface area contributed by atoms with Crippen LogP contribution in [0.2, 0.25) is 0 Å². The fourth-order valence-electron chi connectivity index (χ4n) is 1.63. The number of Topliss-reactive ketones (excluding diaryl/α,β-unsaturated/α-hetero) is 1. The molecule has 2 aromatic heterocycles. The lowest BCUT2D eigenvalue weighted by molar-refractivity contribution is 0.102. The highest BCUT2D eigenvalue weighted by molar-refractivity contribution is 9.09. The summed E-state index contributed by atoms with van der Waals surface area (Å²) in [6.45, 7) is 0. The summed E-state index contributed by atoms with van der Waals surface area (Å²) in [6.07, 6.45) is 1.58. The fraction of sp³-hybridized carbons (Fsp3) is 0.250. The second-order valence-electron chi connectivity index (χ2n) is 3.48. The van der Waals surface area contributed by atoms with Crippen molar-refractivity contribution in [2.75, 3.05) is 19.5 Å².